The Kier molecular flexibility index (Phi) is 2.96. The van der Waals surface area contributed by atoms with Crippen LogP contribution in [0.1, 0.15) is 10.5 Å². The highest BCUT2D eigenvalue weighted by molar-refractivity contribution is 5.77. The Labute approximate surface area is 93.7 Å². The molecule has 0 unspecified atom stereocenters. The van der Waals surface area contributed by atoms with Crippen LogP contribution in [-0.4, -0.2) is 18.4 Å². The lowest BCUT2D eigenvalue weighted by molar-refractivity contribution is 0.111. The summed E-state index contributed by atoms with van der Waals surface area (Å²) >= 11 is 0. The first-order chi connectivity index (χ1) is 7.83. The number of hydrogen-bond donors (Lipinski definition) is 0. The first-order valence-electron chi connectivity index (χ1n) is 4.90. The third-order valence-electron chi connectivity index (χ3n) is 2.26. The largest absolute Gasteiger partial charge is 0.481 e. The van der Waals surface area contributed by atoms with E-state index in [2.05, 4.69) is 4.98 Å². The summed E-state index contributed by atoms with van der Waals surface area (Å²) < 4.78 is 5.05. The maximum atomic E-state index is 10.7. The highest BCUT2D eigenvalue weighted by atomic mass is 16.5. The van der Waals surface area contributed by atoms with Gasteiger partial charge in [-0.05, 0) is 17.2 Å². The predicted octanol–water partition coefficient (Wildman–Crippen LogP) is 2.57. The van der Waals surface area contributed by atoms with Crippen molar-refractivity contribution in [3.05, 3.63) is 48.2 Å². The lowest BCUT2D eigenvalue weighted by Crippen LogP contribution is -1.93. The summed E-state index contributed by atoms with van der Waals surface area (Å²) in [6.07, 6.45) is 0.717. The van der Waals surface area contributed by atoms with Gasteiger partial charge in [0.05, 0.1) is 7.11 Å². The van der Waals surface area contributed by atoms with Crippen molar-refractivity contribution in [2.24, 2.45) is 0 Å². The number of carbonyl (C=O) groups excluding carboxylic acids is 1. The Hall–Kier alpha value is -2.16. The smallest absolute Gasteiger partial charge is 0.214 e. The lowest BCUT2D eigenvalue weighted by Gasteiger charge is -2.05. The summed E-state index contributed by atoms with van der Waals surface area (Å²) in [7, 11) is 1.53. The summed E-state index contributed by atoms with van der Waals surface area (Å²) in [5.74, 6) is 0.448. The van der Waals surface area contributed by atoms with Gasteiger partial charge in [0.15, 0.2) is 6.29 Å². The van der Waals surface area contributed by atoms with Gasteiger partial charge in [-0.25, -0.2) is 4.98 Å². The van der Waals surface area contributed by atoms with E-state index in [0.717, 1.165) is 17.4 Å². The van der Waals surface area contributed by atoms with Gasteiger partial charge in [0.25, 0.3) is 0 Å². The molecular weight excluding hydrogens is 202 g/mol. The van der Waals surface area contributed by atoms with Gasteiger partial charge in [-0.15, -0.1) is 0 Å². The van der Waals surface area contributed by atoms with E-state index in [1.165, 1.54) is 7.11 Å². The molecule has 16 heavy (non-hydrogen) atoms. The monoisotopic (exact) mass is 213 g/mol. The number of methoxy groups -OCH3 is 1. The second kappa shape index (κ2) is 4.57. The molecule has 0 bridgehead atoms. The average Bonchev–Trinajstić information content (AvgIpc) is 2.39. The lowest BCUT2D eigenvalue weighted by atomic mass is 10.1. The van der Waals surface area contributed by atoms with Crippen molar-refractivity contribution in [3.63, 3.8) is 0 Å². The molecule has 0 radical (unpaired) electrons. The minimum Gasteiger partial charge on any atom is -0.481 e. The van der Waals surface area contributed by atoms with Crippen molar-refractivity contribution >= 4 is 6.29 Å². The van der Waals surface area contributed by atoms with Crippen LogP contribution in [0.2, 0.25) is 0 Å². The second-order valence-electron chi connectivity index (χ2n) is 3.31. The van der Waals surface area contributed by atoms with Crippen molar-refractivity contribution in [2.45, 2.75) is 0 Å². The molecule has 0 saturated carbocycles. The molecule has 0 amide bonds. The zero-order valence-electron chi connectivity index (χ0n) is 8.88. The number of aromatic nitrogens is 1. The van der Waals surface area contributed by atoms with Gasteiger partial charge in [-0.1, -0.05) is 30.3 Å². The number of aldehydes is 1. The molecule has 3 heteroatoms. The fourth-order valence-electron chi connectivity index (χ4n) is 1.49. The Morgan fingerprint density at radius 3 is 2.50 bits per heavy atom. The van der Waals surface area contributed by atoms with Crippen LogP contribution >= 0.6 is 0 Å². The zero-order chi connectivity index (χ0) is 11.4. The van der Waals surface area contributed by atoms with Gasteiger partial charge in [0.1, 0.15) is 5.69 Å². The molecule has 0 aliphatic heterocycles. The number of benzene rings is 1. The topological polar surface area (TPSA) is 39.2 Å². The van der Waals surface area contributed by atoms with Crippen LogP contribution in [0.4, 0.5) is 0 Å². The molecule has 1 aromatic heterocycles. The van der Waals surface area contributed by atoms with Gasteiger partial charge < -0.3 is 4.74 Å². The van der Waals surface area contributed by atoms with E-state index in [0.29, 0.717) is 11.6 Å². The van der Waals surface area contributed by atoms with Crippen molar-refractivity contribution in [3.8, 4) is 17.0 Å². The molecule has 0 N–H and O–H groups in total. The molecule has 0 aliphatic rings. The van der Waals surface area contributed by atoms with E-state index in [1.807, 2.05) is 36.4 Å². The van der Waals surface area contributed by atoms with Gasteiger partial charge in [-0.3, -0.25) is 4.79 Å². The average molecular weight is 213 g/mol. The summed E-state index contributed by atoms with van der Waals surface area (Å²) in [6, 6.07) is 13.3. The van der Waals surface area contributed by atoms with Crippen LogP contribution in [0.15, 0.2) is 42.5 Å². The van der Waals surface area contributed by atoms with E-state index in [4.69, 9.17) is 4.74 Å². The molecule has 3 nitrogen and oxygen atoms in total. The van der Waals surface area contributed by atoms with Crippen LogP contribution in [-0.2, 0) is 0 Å². The van der Waals surface area contributed by atoms with Crippen molar-refractivity contribution in [2.75, 3.05) is 7.11 Å². The predicted molar refractivity (Wildman–Crippen MR) is 61.6 cm³/mol. The second-order valence-corrected chi connectivity index (χ2v) is 3.31. The highest BCUT2D eigenvalue weighted by Gasteiger charge is 2.03. The van der Waals surface area contributed by atoms with Crippen molar-refractivity contribution < 1.29 is 9.53 Å². The van der Waals surface area contributed by atoms with Crippen LogP contribution in [0, 0.1) is 0 Å². The van der Waals surface area contributed by atoms with Crippen LogP contribution in [0.25, 0.3) is 11.1 Å². The normalized spacial score (nSPS) is 9.81. The number of nitrogens with zero attached hydrogens (tertiary/aromatic N) is 1. The third-order valence-corrected chi connectivity index (χ3v) is 2.26. The fourth-order valence-corrected chi connectivity index (χ4v) is 1.49. The molecule has 1 heterocycles. The summed E-state index contributed by atoms with van der Waals surface area (Å²) in [5.41, 5.74) is 2.33. The Balaban J connectivity index is 2.52. The zero-order valence-corrected chi connectivity index (χ0v) is 8.88. The highest BCUT2D eigenvalue weighted by Crippen LogP contribution is 2.22. The summed E-state index contributed by atoms with van der Waals surface area (Å²) in [5, 5.41) is 0. The Bertz CT molecular complexity index is 495. The van der Waals surface area contributed by atoms with E-state index in [9.17, 15) is 4.79 Å². The maximum Gasteiger partial charge on any atom is 0.214 e. The number of ether oxygens (including phenoxy) is 1. The van der Waals surface area contributed by atoms with Gasteiger partial charge in [-0.2, -0.15) is 0 Å². The van der Waals surface area contributed by atoms with Gasteiger partial charge >= 0.3 is 0 Å². The van der Waals surface area contributed by atoms with Crippen molar-refractivity contribution in [1.29, 1.82) is 0 Å². The van der Waals surface area contributed by atoms with Crippen LogP contribution < -0.4 is 4.74 Å². The minimum absolute atomic E-state index is 0.373. The van der Waals surface area contributed by atoms with Crippen LogP contribution in [0.3, 0.4) is 0 Å². The van der Waals surface area contributed by atoms with Gasteiger partial charge in [0.2, 0.25) is 5.88 Å². The molecule has 1 aromatic carbocycles. The summed E-state index contributed by atoms with van der Waals surface area (Å²) in [6.45, 7) is 0. The molecule has 80 valence electrons. The van der Waals surface area contributed by atoms with Crippen LogP contribution in [0.5, 0.6) is 5.88 Å². The van der Waals surface area contributed by atoms with E-state index in [1.54, 1.807) is 6.07 Å². The third kappa shape index (κ3) is 2.08. The van der Waals surface area contributed by atoms with E-state index >= 15 is 0 Å². The first kappa shape index (κ1) is 10.4. The quantitative estimate of drug-likeness (QED) is 0.735. The summed E-state index contributed by atoms with van der Waals surface area (Å²) in [4.78, 5) is 14.7. The minimum atomic E-state index is 0.373. The first-order valence-corrected chi connectivity index (χ1v) is 4.90. The molecule has 2 aromatic rings. The number of rotatable bonds is 3. The van der Waals surface area contributed by atoms with Gasteiger partial charge in [0, 0.05) is 6.07 Å². The molecule has 2 rings (SSSR count). The number of hydrogen-bond acceptors (Lipinski definition) is 3. The maximum absolute atomic E-state index is 10.7. The molecule has 0 saturated heterocycles. The standard InChI is InChI=1S/C13H11NO2/c1-16-13-8-11(7-12(9-15)14-13)10-5-3-2-4-6-10/h2-9H,1H3. The van der Waals surface area contributed by atoms with Crippen molar-refractivity contribution in [1.82, 2.24) is 4.98 Å². The van der Waals surface area contributed by atoms with E-state index < -0.39 is 0 Å². The van der Waals surface area contributed by atoms with E-state index in [-0.39, 0.29) is 0 Å². The molecule has 0 aliphatic carbocycles. The SMILES string of the molecule is COc1cc(-c2ccccc2)cc(C=O)n1. The molecule has 0 spiro atoms. The Morgan fingerprint density at radius 1 is 1.12 bits per heavy atom. The number of carbonyl (C=O) groups is 1. The Morgan fingerprint density at radius 2 is 1.88 bits per heavy atom. The molecular formula is C13H11NO2. The molecule has 0 atom stereocenters. The number of pyridine rings is 1. The molecule has 0 fully saturated rings. The fraction of sp³-hybridized carbons (Fsp3) is 0.0769.